The molecule has 18 heavy (non-hydrogen) atoms. The summed E-state index contributed by atoms with van der Waals surface area (Å²) in [6.07, 6.45) is 4.60. The van der Waals surface area contributed by atoms with Crippen molar-refractivity contribution < 1.29 is 4.79 Å². The molecule has 1 atom stereocenters. The number of nitrogens with one attached hydrogen (secondary N) is 1. The lowest BCUT2D eigenvalue weighted by atomic mass is 9.95. The van der Waals surface area contributed by atoms with Crippen molar-refractivity contribution in [3.8, 4) is 0 Å². The zero-order chi connectivity index (χ0) is 13.0. The average molecular weight is 269 g/mol. The van der Waals surface area contributed by atoms with Crippen molar-refractivity contribution in [2.45, 2.75) is 19.3 Å². The van der Waals surface area contributed by atoms with Crippen LogP contribution in [0.2, 0.25) is 0 Å². The van der Waals surface area contributed by atoms with Gasteiger partial charge in [0.05, 0.1) is 0 Å². The molecule has 1 aliphatic rings. The number of alkyl halides is 1. The third kappa shape index (κ3) is 3.13. The van der Waals surface area contributed by atoms with Gasteiger partial charge in [0, 0.05) is 36.8 Å². The number of rotatable bonds is 3. The number of carbonyl (C=O) groups excluding carboxylic acids is 1. The Bertz CT molecular complexity index is 470. The number of piperidine rings is 1. The average Bonchev–Trinajstić information content (AvgIpc) is 2.39. The minimum atomic E-state index is -0.241. The monoisotopic (exact) mass is 268 g/mol. The Morgan fingerprint density at radius 3 is 3.11 bits per heavy atom. The number of aromatic amines is 1. The standard InChI is InChI=1S/C13H17ClN2O2/c14-5-3-10-2-1-7-16(9-10)13(18)11-4-6-15-12(17)8-11/h4,6,8,10H,1-3,5,7,9H2,(H,15,17). The van der Waals surface area contributed by atoms with Gasteiger partial charge in [-0.3, -0.25) is 9.59 Å². The first kappa shape index (κ1) is 13.1. The molecule has 5 heteroatoms. The van der Waals surface area contributed by atoms with Crippen LogP contribution >= 0.6 is 11.6 Å². The van der Waals surface area contributed by atoms with Gasteiger partial charge in [-0.2, -0.15) is 0 Å². The molecule has 0 bridgehead atoms. The number of halogens is 1. The number of nitrogens with zero attached hydrogens (tertiary/aromatic N) is 1. The predicted molar refractivity (Wildman–Crippen MR) is 71.0 cm³/mol. The van der Waals surface area contributed by atoms with Crippen LogP contribution in [0.1, 0.15) is 29.6 Å². The summed E-state index contributed by atoms with van der Waals surface area (Å²) >= 11 is 5.75. The summed E-state index contributed by atoms with van der Waals surface area (Å²) in [7, 11) is 0. The van der Waals surface area contributed by atoms with E-state index in [4.69, 9.17) is 11.6 Å². The van der Waals surface area contributed by atoms with E-state index in [2.05, 4.69) is 4.98 Å². The van der Waals surface area contributed by atoms with Gasteiger partial charge in [0.15, 0.2) is 0 Å². The molecule has 0 spiro atoms. The van der Waals surface area contributed by atoms with Crippen LogP contribution in [0, 0.1) is 5.92 Å². The molecular formula is C13H17ClN2O2. The van der Waals surface area contributed by atoms with E-state index in [0.29, 0.717) is 17.4 Å². The van der Waals surface area contributed by atoms with Crippen LogP contribution in [0.5, 0.6) is 0 Å². The maximum atomic E-state index is 12.2. The van der Waals surface area contributed by atoms with Gasteiger partial charge >= 0.3 is 0 Å². The molecule has 1 saturated heterocycles. The van der Waals surface area contributed by atoms with Crippen molar-refractivity contribution in [1.29, 1.82) is 0 Å². The molecule has 1 fully saturated rings. The lowest BCUT2D eigenvalue weighted by Crippen LogP contribution is -2.40. The van der Waals surface area contributed by atoms with Gasteiger partial charge in [0.25, 0.3) is 5.91 Å². The Morgan fingerprint density at radius 1 is 1.56 bits per heavy atom. The summed E-state index contributed by atoms with van der Waals surface area (Å²) in [6, 6.07) is 3.00. The topological polar surface area (TPSA) is 53.2 Å². The van der Waals surface area contributed by atoms with Crippen molar-refractivity contribution in [3.63, 3.8) is 0 Å². The molecule has 0 radical (unpaired) electrons. The van der Waals surface area contributed by atoms with Crippen LogP contribution in [-0.4, -0.2) is 34.8 Å². The van der Waals surface area contributed by atoms with Crippen LogP contribution in [-0.2, 0) is 0 Å². The van der Waals surface area contributed by atoms with Crippen LogP contribution in [0.4, 0.5) is 0 Å². The quantitative estimate of drug-likeness (QED) is 0.851. The molecule has 0 aliphatic carbocycles. The smallest absolute Gasteiger partial charge is 0.254 e. The Balaban J connectivity index is 2.06. The van der Waals surface area contributed by atoms with Crippen molar-refractivity contribution in [1.82, 2.24) is 9.88 Å². The van der Waals surface area contributed by atoms with E-state index in [-0.39, 0.29) is 11.5 Å². The Hall–Kier alpha value is -1.29. The first-order chi connectivity index (χ1) is 8.70. The van der Waals surface area contributed by atoms with E-state index in [1.165, 1.54) is 12.3 Å². The molecule has 1 aromatic heterocycles. The second kappa shape index (κ2) is 6.05. The zero-order valence-electron chi connectivity index (χ0n) is 10.2. The molecule has 2 rings (SSSR count). The van der Waals surface area contributed by atoms with Gasteiger partial charge in [0.2, 0.25) is 5.56 Å². The molecular weight excluding hydrogens is 252 g/mol. The lowest BCUT2D eigenvalue weighted by molar-refractivity contribution is 0.0671. The van der Waals surface area contributed by atoms with Crippen LogP contribution in [0.3, 0.4) is 0 Å². The highest BCUT2D eigenvalue weighted by Crippen LogP contribution is 2.21. The van der Waals surface area contributed by atoms with Crippen molar-refractivity contribution >= 4 is 17.5 Å². The molecule has 2 heterocycles. The predicted octanol–water partition coefficient (Wildman–Crippen LogP) is 1.86. The highest BCUT2D eigenvalue weighted by atomic mass is 35.5. The first-order valence-corrected chi connectivity index (χ1v) is 6.78. The van der Waals surface area contributed by atoms with E-state index in [1.54, 1.807) is 6.07 Å². The van der Waals surface area contributed by atoms with Crippen LogP contribution in [0.25, 0.3) is 0 Å². The fraction of sp³-hybridized carbons (Fsp3) is 0.538. The number of aromatic nitrogens is 1. The fourth-order valence-corrected chi connectivity index (χ4v) is 2.71. The number of H-pyrrole nitrogens is 1. The van der Waals surface area contributed by atoms with Gasteiger partial charge < -0.3 is 9.88 Å². The zero-order valence-corrected chi connectivity index (χ0v) is 10.9. The van der Waals surface area contributed by atoms with Gasteiger partial charge in [-0.15, -0.1) is 11.6 Å². The van der Waals surface area contributed by atoms with E-state index in [9.17, 15) is 9.59 Å². The highest BCUT2D eigenvalue weighted by Gasteiger charge is 2.24. The third-order valence-electron chi connectivity index (χ3n) is 3.35. The Labute approximate surface area is 111 Å². The molecule has 0 aromatic carbocycles. The molecule has 1 amide bonds. The molecule has 1 unspecified atom stereocenters. The van der Waals surface area contributed by atoms with Crippen molar-refractivity contribution in [3.05, 3.63) is 34.2 Å². The van der Waals surface area contributed by atoms with Gasteiger partial charge in [-0.05, 0) is 31.2 Å². The van der Waals surface area contributed by atoms with Crippen molar-refractivity contribution in [2.24, 2.45) is 5.92 Å². The summed E-state index contributed by atoms with van der Waals surface area (Å²) < 4.78 is 0. The largest absolute Gasteiger partial charge is 0.338 e. The normalized spacial score (nSPS) is 19.8. The summed E-state index contributed by atoms with van der Waals surface area (Å²) in [6.45, 7) is 1.52. The van der Waals surface area contributed by atoms with E-state index >= 15 is 0 Å². The van der Waals surface area contributed by atoms with E-state index in [0.717, 1.165) is 32.4 Å². The number of carbonyl (C=O) groups is 1. The highest BCUT2D eigenvalue weighted by molar-refractivity contribution is 6.17. The van der Waals surface area contributed by atoms with Gasteiger partial charge in [0.1, 0.15) is 0 Å². The number of pyridine rings is 1. The van der Waals surface area contributed by atoms with Crippen molar-refractivity contribution in [2.75, 3.05) is 19.0 Å². The summed E-state index contributed by atoms with van der Waals surface area (Å²) in [4.78, 5) is 27.8. The number of hydrogen-bond acceptors (Lipinski definition) is 2. The third-order valence-corrected chi connectivity index (χ3v) is 3.56. The SMILES string of the molecule is O=C(c1cc[nH]c(=O)c1)N1CCCC(CCCl)C1. The lowest BCUT2D eigenvalue weighted by Gasteiger charge is -2.32. The molecule has 98 valence electrons. The van der Waals surface area contributed by atoms with Crippen LogP contribution in [0.15, 0.2) is 23.1 Å². The van der Waals surface area contributed by atoms with E-state index in [1.807, 2.05) is 4.90 Å². The second-order valence-corrected chi connectivity index (χ2v) is 5.06. The number of amides is 1. The minimum absolute atomic E-state index is 0.0552. The second-order valence-electron chi connectivity index (χ2n) is 4.68. The first-order valence-electron chi connectivity index (χ1n) is 6.24. The summed E-state index contributed by atoms with van der Waals surface area (Å²) in [5.74, 6) is 1.07. The molecule has 0 saturated carbocycles. The Morgan fingerprint density at radius 2 is 2.39 bits per heavy atom. The van der Waals surface area contributed by atoms with Gasteiger partial charge in [-0.25, -0.2) is 0 Å². The Kier molecular flexibility index (Phi) is 4.42. The van der Waals surface area contributed by atoms with Crippen LogP contribution < -0.4 is 5.56 Å². The molecule has 4 nitrogen and oxygen atoms in total. The maximum absolute atomic E-state index is 12.2. The molecule has 1 aromatic rings. The summed E-state index contributed by atoms with van der Waals surface area (Å²) in [5, 5.41) is 0. The molecule has 1 N–H and O–H groups in total. The van der Waals surface area contributed by atoms with Gasteiger partial charge in [-0.1, -0.05) is 0 Å². The minimum Gasteiger partial charge on any atom is -0.338 e. The fourth-order valence-electron chi connectivity index (χ4n) is 2.40. The molecule has 1 aliphatic heterocycles. The number of hydrogen-bond donors (Lipinski definition) is 1. The number of likely N-dealkylation sites (tertiary alicyclic amines) is 1. The maximum Gasteiger partial charge on any atom is 0.254 e. The summed E-state index contributed by atoms with van der Waals surface area (Å²) in [5.41, 5.74) is 0.223. The van der Waals surface area contributed by atoms with E-state index < -0.39 is 0 Å².